The summed E-state index contributed by atoms with van der Waals surface area (Å²) in [6.45, 7) is 6.44. The topological polar surface area (TPSA) is 72.2 Å². The van der Waals surface area contributed by atoms with Gasteiger partial charge in [-0.15, -0.1) is 0 Å². The Labute approximate surface area is 148 Å². The van der Waals surface area contributed by atoms with Gasteiger partial charge in [-0.25, -0.2) is 13.1 Å². The molecule has 1 saturated carbocycles. The Morgan fingerprint density at radius 3 is 2.00 bits per heavy atom. The summed E-state index contributed by atoms with van der Waals surface area (Å²) in [5, 5.41) is 0. The number of nitrogens with one attached hydrogen (secondary N) is 1. The van der Waals surface area contributed by atoms with Gasteiger partial charge in [0.25, 0.3) is 0 Å². The smallest absolute Gasteiger partial charge is 0.209 e. The molecule has 0 radical (unpaired) electrons. The van der Waals surface area contributed by atoms with E-state index in [9.17, 15) is 8.42 Å². The molecule has 1 fully saturated rings. The van der Waals surface area contributed by atoms with Gasteiger partial charge in [-0.05, 0) is 50.3 Å². The molecule has 0 aromatic heterocycles. The minimum absolute atomic E-state index is 0. The van der Waals surface area contributed by atoms with Crippen LogP contribution in [0.2, 0.25) is 0 Å². The summed E-state index contributed by atoms with van der Waals surface area (Å²) in [6, 6.07) is 6.32. The van der Waals surface area contributed by atoms with Crippen molar-refractivity contribution in [2.24, 2.45) is 5.73 Å². The van der Waals surface area contributed by atoms with E-state index in [2.05, 4.69) is 43.7 Å². The van der Waals surface area contributed by atoms with Crippen LogP contribution in [0.5, 0.6) is 0 Å². The van der Waals surface area contributed by atoms with Crippen molar-refractivity contribution in [2.75, 3.05) is 6.26 Å². The fourth-order valence-electron chi connectivity index (χ4n) is 2.48. The maximum absolute atomic E-state index is 10.9. The fraction of sp³-hybridized carbons (Fsp3) is 0.625. The summed E-state index contributed by atoms with van der Waals surface area (Å²) in [5.41, 5.74) is 9.94. The first-order chi connectivity index (χ1) is 9.70. The Morgan fingerprint density at radius 2 is 1.59 bits per heavy atom. The van der Waals surface area contributed by atoms with Crippen LogP contribution in [0.4, 0.5) is 0 Å². The molecule has 6 heteroatoms. The third-order valence-corrected chi connectivity index (χ3v) is 4.79. The Balaban J connectivity index is 0.000000397. The summed E-state index contributed by atoms with van der Waals surface area (Å²) in [4.78, 5) is 0. The molecule has 3 N–H and O–H groups in total. The number of hydrogen-bond acceptors (Lipinski definition) is 3. The van der Waals surface area contributed by atoms with Gasteiger partial charge in [0.05, 0.1) is 6.26 Å². The maximum atomic E-state index is 10.9. The predicted octanol–water partition coefficient (Wildman–Crippen LogP) is 2.41. The van der Waals surface area contributed by atoms with Gasteiger partial charge in [0.2, 0.25) is 10.0 Å². The minimum atomic E-state index is -3.09. The average molecular weight is 414 g/mol. The molecule has 4 nitrogen and oxygen atoms in total. The van der Waals surface area contributed by atoms with E-state index >= 15 is 0 Å². The van der Waals surface area contributed by atoms with Gasteiger partial charge in [-0.2, -0.15) is 0 Å². The molecule has 1 aromatic rings. The predicted molar refractivity (Wildman–Crippen MR) is 88.9 cm³/mol. The zero-order valence-electron chi connectivity index (χ0n) is 13.9. The second-order valence-electron chi connectivity index (χ2n) is 5.96. The molecule has 2 rings (SSSR count). The number of rotatable bonds is 2. The number of benzene rings is 1. The van der Waals surface area contributed by atoms with E-state index in [1.54, 1.807) is 0 Å². The van der Waals surface area contributed by atoms with E-state index in [0.717, 1.165) is 25.7 Å². The van der Waals surface area contributed by atoms with Crippen molar-refractivity contribution < 1.29 is 27.9 Å². The van der Waals surface area contributed by atoms with E-state index in [-0.39, 0.29) is 31.6 Å². The normalized spacial score (nSPS) is 21.3. The Hall–Kier alpha value is -0.287. The molecular weight excluding hydrogens is 385 g/mol. The van der Waals surface area contributed by atoms with Gasteiger partial charge in [0, 0.05) is 31.6 Å². The number of hydrogen-bond donors (Lipinski definition) is 2. The number of sulfonamides is 1. The van der Waals surface area contributed by atoms with Crippen LogP contribution in [-0.4, -0.2) is 26.8 Å². The average Bonchev–Trinajstić information content (AvgIpc) is 2.38. The standard InChI is InChI=1S/C9H12.C7H16N2O2S.Ru/c1-7-5-4-6-8(2)9(7)3;1-12(10,11)9-7-5-3-2-4-6(7)8;/h4-6H,1-3H3;6-7,9H,2-5,8H2,1H3;/t;6-,7-;/m.1./s1. The van der Waals surface area contributed by atoms with Gasteiger partial charge >= 0.3 is 0 Å². The molecule has 2 atom stereocenters. The van der Waals surface area contributed by atoms with E-state index in [1.807, 2.05) is 0 Å². The van der Waals surface area contributed by atoms with E-state index in [4.69, 9.17) is 5.73 Å². The Bertz CT molecular complexity index is 541. The second-order valence-corrected chi connectivity index (χ2v) is 7.74. The number of aryl methyl sites for hydroxylation is 2. The van der Waals surface area contributed by atoms with Gasteiger partial charge in [-0.3, -0.25) is 0 Å². The third kappa shape index (κ3) is 7.82. The quantitative estimate of drug-likeness (QED) is 0.732. The summed E-state index contributed by atoms with van der Waals surface area (Å²) >= 11 is 0. The van der Waals surface area contributed by atoms with Crippen LogP contribution >= 0.6 is 0 Å². The van der Waals surface area contributed by atoms with E-state index < -0.39 is 10.0 Å². The monoisotopic (exact) mass is 414 g/mol. The minimum Gasteiger partial charge on any atom is -0.326 e. The molecule has 128 valence electrons. The van der Waals surface area contributed by atoms with Crippen molar-refractivity contribution in [1.82, 2.24) is 4.72 Å². The van der Waals surface area contributed by atoms with Crippen molar-refractivity contribution in [1.29, 1.82) is 0 Å². The molecule has 0 bridgehead atoms. The van der Waals surface area contributed by atoms with Crippen LogP contribution in [0.25, 0.3) is 0 Å². The molecule has 0 spiro atoms. The largest absolute Gasteiger partial charge is 0.326 e. The van der Waals surface area contributed by atoms with Crippen molar-refractivity contribution in [3.05, 3.63) is 34.9 Å². The second kappa shape index (κ2) is 9.76. The summed E-state index contributed by atoms with van der Waals surface area (Å²) < 4.78 is 24.3. The molecule has 0 aliphatic heterocycles. The molecule has 1 aromatic carbocycles. The van der Waals surface area contributed by atoms with Crippen molar-refractivity contribution >= 4 is 10.0 Å². The first-order valence-corrected chi connectivity index (χ1v) is 9.35. The number of nitrogens with two attached hydrogens (primary N) is 1. The van der Waals surface area contributed by atoms with Gasteiger partial charge in [-0.1, -0.05) is 31.0 Å². The van der Waals surface area contributed by atoms with Crippen LogP contribution in [0.15, 0.2) is 18.2 Å². The molecule has 0 heterocycles. The summed E-state index contributed by atoms with van der Waals surface area (Å²) in [6.07, 6.45) is 5.15. The van der Waals surface area contributed by atoms with Crippen molar-refractivity contribution in [3.63, 3.8) is 0 Å². The summed E-state index contributed by atoms with van der Waals surface area (Å²) in [7, 11) is -3.09. The van der Waals surface area contributed by atoms with Crippen LogP contribution in [-0.2, 0) is 29.5 Å². The van der Waals surface area contributed by atoms with Gasteiger partial charge in [0.1, 0.15) is 0 Å². The molecule has 1 aliphatic carbocycles. The molecule has 0 unspecified atom stereocenters. The fourth-order valence-corrected chi connectivity index (χ4v) is 3.32. The molecule has 0 amide bonds. The Kier molecular flexibility index (Phi) is 9.64. The maximum Gasteiger partial charge on any atom is 0.209 e. The van der Waals surface area contributed by atoms with Crippen LogP contribution in [0, 0.1) is 20.8 Å². The van der Waals surface area contributed by atoms with Gasteiger partial charge in [0.15, 0.2) is 0 Å². The zero-order valence-corrected chi connectivity index (χ0v) is 16.4. The van der Waals surface area contributed by atoms with Crippen LogP contribution < -0.4 is 10.5 Å². The first kappa shape index (κ1) is 21.7. The SMILES string of the molecule is CS(=O)(=O)N[C@@H]1CCCC[C@H]1N.Cc1cccc(C)c1C.[Ru]. The van der Waals surface area contributed by atoms with Crippen molar-refractivity contribution in [3.8, 4) is 0 Å². The first-order valence-electron chi connectivity index (χ1n) is 7.46. The molecule has 22 heavy (non-hydrogen) atoms. The zero-order chi connectivity index (χ0) is 16.0. The Morgan fingerprint density at radius 1 is 1.09 bits per heavy atom. The van der Waals surface area contributed by atoms with E-state index in [1.165, 1.54) is 22.9 Å². The van der Waals surface area contributed by atoms with Crippen LogP contribution in [0.1, 0.15) is 42.4 Å². The van der Waals surface area contributed by atoms with E-state index in [0.29, 0.717) is 0 Å². The molecular formula is C16H28N2O2RuS. The van der Waals surface area contributed by atoms with Gasteiger partial charge < -0.3 is 5.73 Å². The molecule has 0 saturated heterocycles. The van der Waals surface area contributed by atoms with Crippen molar-refractivity contribution in [2.45, 2.75) is 58.5 Å². The molecule has 1 aliphatic rings. The van der Waals surface area contributed by atoms with Crippen LogP contribution in [0.3, 0.4) is 0 Å². The summed E-state index contributed by atoms with van der Waals surface area (Å²) in [5.74, 6) is 0. The third-order valence-electron chi connectivity index (χ3n) is 4.06.